The number of benzene rings is 1. The molecule has 0 bridgehead atoms. The summed E-state index contributed by atoms with van der Waals surface area (Å²) in [4.78, 5) is 23.9. The fourth-order valence-corrected chi connectivity index (χ4v) is 3.56. The Hall–Kier alpha value is -1.26. The van der Waals surface area contributed by atoms with Crippen molar-refractivity contribution in [3.05, 3.63) is 28.2 Å². The first-order valence-electron chi connectivity index (χ1n) is 9.01. The average molecular weight is 401 g/mol. The minimum Gasteiger partial charge on any atom is -0.462 e. The highest BCUT2D eigenvalue weighted by molar-refractivity contribution is 6.43. The summed E-state index contributed by atoms with van der Waals surface area (Å²) in [7, 11) is 0. The van der Waals surface area contributed by atoms with Crippen LogP contribution in [0, 0.1) is 11.3 Å². The Bertz CT molecular complexity index is 644. The van der Waals surface area contributed by atoms with Crippen LogP contribution < -0.4 is 4.74 Å². The number of hydrogen-bond acceptors (Lipinski definition) is 4. The molecule has 1 aliphatic rings. The van der Waals surface area contributed by atoms with Crippen LogP contribution in [0.25, 0.3) is 0 Å². The van der Waals surface area contributed by atoms with Gasteiger partial charge in [-0.3, -0.25) is 9.59 Å². The highest BCUT2D eigenvalue weighted by atomic mass is 35.5. The van der Waals surface area contributed by atoms with Crippen molar-refractivity contribution in [1.82, 2.24) is 0 Å². The molecule has 1 aromatic rings. The van der Waals surface area contributed by atoms with Crippen molar-refractivity contribution in [2.75, 3.05) is 0 Å². The van der Waals surface area contributed by atoms with Crippen LogP contribution in [0.3, 0.4) is 0 Å². The highest BCUT2D eigenvalue weighted by Gasteiger charge is 2.31. The third-order valence-corrected chi connectivity index (χ3v) is 5.67. The molecule has 0 unspecified atom stereocenters. The lowest BCUT2D eigenvalue weighted by Gasteiger charge is -2.36. The van der Waals surface area contributed by atoms with Crippen LogP contribution in [0.1, 0.15) is 59.3 Å². The van der Waals surface area contributed by atoms with E-state index in [1.54, 1.807) is 18.2 Å². The lowest BCUT2D eigenvalue weighted by atomic mass is 9.72. The first-order chi connectivity index (χ1) is 12.2. The Labute approximate surface area is 165 Å². The van der Waals surface area contributed by atoms with E-state index in [0.29, 0.717) is 16.4 Å². The molecule has 4 nitrogen and oxygen atoms in total. The SMILES string of the molecule is CC(C)(C)C1CCC(OC(=O)CCC(=O)Oc2cccc(Cl)c2Cl)CC1. The molecule has 0 atom stereocenters. The molecule has 6 heteroatoms. The van der Waals surface area contributed by atoms with Crippen molar-refractivity contribution < 1.29 is 19.1 Å². The molecule has 0 amide bonds. The molecule has 26 heavy (non-hydrogen) atoms. The summed E-state index contributed by atoms with van der Waals surface area (Å²) < 4.78 is 10.7. The molecule has 0 N–H and O–H groups in total. The molecule has 1 fully saturated rings. The van der Waals surface area contributed by atoms with Gasteiger partial charge in [0.2, 0.25) is 0 Å². The zero-order valence-electron chi connectivity index (χ0n) is 15.5. The third-order valence-electron chi connectivity index (χ3n) is 4.87. The maximum atomic E-state index is 12.0. The number of hydrogen-bond donors (Lipinski definition) is 0. The number of ether oxygens (including phenoxy) is 2. The maximum Gasteiger partial charge on any atom is 0.311 e. The van der Waals surface area contributed by atoms with Gasteiger partial charge in [-0.1, -0.05) is 50.0 Å². The molecule has 144 valence electrons. The van der Waals surface area contributed by atoms with Crippen LogP contribution in [-0.4, -0.2) is 18.0 Å². The van der Waals surface area contributed by atoms with Crippen molar-refractivity contribution in [1.29, 1.82) is 0 Å². The summed E-state index contributed by atoms with van der Waals surface area (Å²) in [5.74, 6) is -0.0474. The second-order valence-electron chi connectivity index (χ2n) is 7.86. The van der Waals surface area contributed by atoms with Crippen molar-refractivity contribution in [2.24, 2.45) is 11.3 Å². The Morgan fingerprint density at radius 2 is 1.65 bits per heavy atom. The van der Waals surface area contributed by atoms with Crippen molar-refractivity contribution >= 4 is 35.1 Å². The summed E-state index contributed by atoms with van der Waals surface area (Å²) in [5.41, 5.74) is 0.292. The van der Waals surface area contributed by atoms with Gasteiger partial charge in [-0.05, 0) is 49.1 Å². The van der Waals surface area contributed by atoms with Gasteiger partial charge in [0.25, 0.3) is 0 Å². The number of rotatable bonds is 5. The molecule has 0 heterocycles. The van der Waals surface area contributed by atoms with Gasteiger partial charge in [0.1, 0.15) is 11.1 Å². The summed E-state index contributed by atoms with van der Waals surface area (Å²) in [6.45, 7) is 6.76. The van der Waals surface area contributed by atoms with Crippen LogP contribution >= 0.6 is 23.2 Å². The van der Waals surface area contributed by atoms with E-state index in [9.17, 15) is 9.59 Å². The van der Waals surface area contributed by atoms with Gasteiger partial charge in [-0.25, -0.2) is 0 Å². The maximum absolute atomic E-state index is 12.0. The van der Waals surface area contributed by atoms with Crippen LogP contribution in [-0.2, 0) is 14.3 Å². The zero-order chi connectivity index (χ0) is 19.3. The first-order valence-corrected chi connectivity index (χ1v) is 9.76. The Morgan fingerprint density at radius 1 is 1.04 bits per heavy atom. The van der Waals surface area contributed by atoms with E-state index in [-0.39, 0.29) is 35.7 Å². The van der Waals surface area contributed by atoms with Gasteiger partial charge < -0.3 is 9.47 Å². The molecule has 0 spiro atoms. The molecule has 1 aliphatic carbocycles. The topological polar surface area (TPSA) is 52.6 Å². The second-order valence-corrected chi connectivity index (χ2v) is 8.64. The molecule has 0 saturated heterocycles. The molecule has 1 aromatic carbocycles. The number of halogens is 2. The molecular formula is C20H26Cl2O4. The van der Waals surface area contributed by atoms with E-state index in [0.717, 1.165) is 25.7 Å². The average Bonchev–Trinajstić information content (AvgIpc) is 2.57. The lowest BCUT2D eigenvalue weighted by Crippen LogP contribution is -2.30. The predicted molar refractivity (Wildman–Crippen MR) is 103 cm³/mol. The minimum atomic E-state index is -0.539. The zero-order valence-corrected chi connectivity index (χ0v) is 17.0. The van der Waals surface area contributed by atoms with Crippen LogP contribution in [0.15, 0.2) is 18.2 Å². The Morgan fingerprint density at radius 3 is 2.27 bits per heavy atom. The van der Waals surface area contributed by atoms with Gasteiger partial charge in [0, 0.05) is 0 Å². The summed E-state index contributed by atoms with van der Waals surface area (Å²) in [5, 5.41) is 0.489. The van der Waals surface area contributed by atoms with Crippen LogP contribution in [0.4, 0.5) is 0 Å². The summed E-state index contributed by atoms with van der Waals surface area (Å²) in [6, 6.07) is 4.80. The van der Waals surface area contributed by atoms with E-state index in [1.807, 2.05) is 0 Å². The molecular weight excluding hydrogens is 375 g/mol. The Kier molecular flexibility index (Phi) is 7.36. The predicted octanol–water partition coefficient (Wildman–Crippen LogP) is 5.83. The van der Waals surface area contributed by atoms with E-state index in [4.69, 9.17) is 32.7 Å². The summed E-state index contributed by atoms with van der Waals surface area (Å²) >= 11 is 11.8. The van der Waals surface area contributed by atoms with E-state index < -0.39 is 5.97 Å². The van der Waals surface area contributed by atoms with E-state index in [2.05, 4.69) is 20.8 Å². The first kappa shape index (κ1) is 21.0. The molecule has 2 rings (SSSR count). The summed E-state index contributed by atoms with van der Waals surface area (Å²) in [6.07, 6.45) is 3.80. The normalized spacial score (nSPS) is 20.5. The molecule has 0 aromatic heterocycles. The van der Waals surface area contributed by atoms with Gasteiger partial charge in [-0.15, -0.1) is 0 Å². The van der Waals surface area contributed by atoms with Gasteiger partial charge in [-0.2, -0.15) is 0 Å². The van der Waals surface area contributed by atoms with Gasteiger partial charge in [0.15, 0.2) is 5.75 Å². The third kappa shape index (κ3) is 6.17. The lowest BCUT2D eigenvalue weighted by molar-refractivity contribution is -0.153. The van der Waals surface area contributed by atoms with Crippen LogP contribution in [0.2, 0.25) is 10.0 Å². The quantitative estimate of drug-likeness (QED) is 0.460. The van der Waals surface area contributed by atoms with Crippen molar-refractivity contribution in [3.8, 4) is 5.75 Å². The standard InChI is InChI=1S/C20H26Cl2O4/c1-20(2,3)13-7-9-14(10-8-13)25-17(23)11-12-18(24)26-16-6-4-5-15(21)19(16)22/h4-6,13-14H,7-12H2,1-3H3. The fourth-order valence-electron chi connectivity index (χ4n) is 3.23. The van der Waals surface area contributed by atoms with E-state index >= 15 is 0 Å². The largest absolute Gasteiger partial charge is 0.462 e. The molecule has 0 radical (unpaired) electrons. The number of esters is 2. The Balaban J connectivity index is 1.72. The fraction of sp³-hybridized carbons (Fsp3) is 0.600. The van der Waals surface area contributed by atoms with E-state index in [1.165, 1.54) is 0 Å². The van der Waals surface area contributed by atoms with Crippen LogP contribution in [0.5, 0.6) is 5.75 Å². The van der Waals surface area contributed by atoms with Crippen molar-refractivity contribution in [3.63, 3.8) is 0 Å². The van der Waals surface area contributed by atoms with Crippen molar-refractivity contribution in [2.45, 2.75) is 65.4 Å². The molecule has 1 saturated carbocycles. The monoisotopic (exact) mass is 400 g/mol. The molecule has 0 aliphatic heterocycles. The smallest absolute Gasteiger partial charge is 0.311 e. The highest BCUT2D eigenvalue weighted by Crippen LogP contribution is 2.38. The van der Waals surface area contributed by atoms with Gasteiger partial charge >= 0.3 is 11.9 Å². The number of carbonyl (C=O) groups is 2. The minimum absolute atomic E-state index is 0.00375. The number of carbonyl (C=O) groups excluding carboxylic acids is 2. The second kappa shape index (κ2) is 9.09. The van der Waals surface area contributed by atoms with Gasteiger partial charge in [0.05, 0.1) is 17.9 Å².